The molecule has 0 aliphatic heterocycles. The summed E-state index contributed by atoms with van der Waals surface area (Å²) in [4.78, 5) is 22.6. The summed E-state index contributed by atoms with van der Waals surface area (Å²) in [6.07, 6.45) is 2.46. The molecule has 0 heterocycles. The van der Waals surface area contributed by atoms with Gasteiger partial charge in [0.1, 0.15) is 0 Å². The molecule has 0 spiro atoms. The van der Waals surface area contributed by atoms with E-state index < -0.39 is 11.5 Å². The minimum atomic E-state index is -0.923. The molecule has 0 radical (unpaired) electrons. The average Bonchev–Trinajstić information content (AvgIpc) is 2.23. The van der Waals surface area contributed by atoms with E-state index in [4.69, 9.17) is 5.11 Å². The minimum Gasteiger partial charge on any atom is -0.481 e. The van der Waals surface area contributed by atoms with E-state index in [0.29, 0.717) is 0 Å². The van der Waals surface area contributed by atoms with Gasteiger partial charge >= 0.3 is 12.0 Å². The SMILES string of the molecule is CCC(CC)(CC)NC(=O)NC(C)(C)CC(=O)O. The Bertz CT molecular complexity index is 288. The van der Waals surface area contributed by atoms with Crippen LogP contribution < -0.4 is 10.6 Å². The van der Waals surface area contributed by atoms with Crippen molar-refractivity contribution in [3.63, 3.8) is 0 Å². The molecular weight excluding hydrogens is 232 g/mol. The molecule has 0 atom stereocenters. The van der Waals surface area contributed by atoms with Crippen LogP contribution in [0.5, 0.6) is 0 Å². The summed E-state index contributed by atoms with van der Waals surface area (Å²) in [7, 11) is 0. The van der Waals surface area contributed by atoms with Crippen LogP contribution in [0.1, 0.15) is 60.3 Å². The van der Waals surface area contributed by atoms with E-state index >= 15 is 0 Å². The van der Waals surface area contributed by atoms with Crippen LogP contribution in [0, 0.1) is 0 Å². The van der Waals surface area contributed by atoms with Gasteiger partial charge in [-0.2, -0.15) is 0 Å². The summed E-state index contributed by atoms with van der Waals surface area (Å²) in [6.45, 7) is 9.51. The van der Waals surface area contributed by atoms with Gasteiger partial charge in [-0.15, -0.1) is 0 Å². The molecule has 0 aliphatic rings. The third-order valence-corrected chi connectivity index (χ3v) is 3.45. The van der Waals surface area contributed by atoms with E-state index in [9.17, 15) is 9.59 Å². The molecule has 3 N–H and O–H groups in total. The molecule has 18 heavy (non-hydrogen) atoms. The second kappa shape index (κ2) is 6.61. The molecule has 0 rings (SSSR count). The predicted molar refractivity (Wildman–Crippen MR) is 71.6 cm³/mol. The first-order chi connectivity index (χ1) is 8.20. The molecule has 0 aromatic heterocycles. The lowest BCUT2D eigenvalue weighted by Crippen LogP contribution is -2.56. The van der Waals surface area contributed by atoms with E-state index in [-0.39, 0.29) is 18.0 Å². The first-order valence-electron chi connectivity index (χ1n) is 6.52. The van der Waals surface area contributed by atoms with Crippen LogP contribution in [0.2, 0.25) is 0 Å². The number of carbonyl (C=O) groups is 2. The first-order valence-corrected chi connectivity index (χ1v) is 6.52. The van der Waals surface area contributed by atoms with Crippen molar-refractivity contribution in [1.82, 2.24) is 10.6 Å². The third-order valence-electron chi connectivity index (χ3n) is 3.45. The molecule has 0 unspecified atom stereocenters. The first kappa shape index (κ1) is 16.7. The smallest absolute Gasteiger partial charge is 0.315 e. The van der Waals surface area contributed by atoms with Gasteiger partial charge in [-0.1, -0.05) is 20.8 Å². The highest BCUT2D eigenvalue weighted by Crippen LogP contribution is 2.19. The van der Waals surface area contributed by atoms with Crippen molar-refractivity contribution in [2.75, 3.05) is 0 Å². The highest BCUT2D eigenvalue weighted by Gasteiger charge is 2.29. The lowest BCUT2D eigenvalue weighted by molar-refractivity contribution is -0.138. The standard InChI is InChI=1S/C13H26N2O3/c1-6-13(7-2,8-3)15-11(18)14-12(4,5)9-10(16)17/h6-9H2,1-5H3,(H,16,17)(H2,14,15,18). The van der Waals surface area contributed by atoms with Crippen molar-refractivity contribution in [2.24, 2.45) is 0 Å². The quantitative estimate of drug-likeness (QED) is 0.656. The van der Waals surface area contributed by atoms with Gasteiger partial charge in [-0.3, -0.25) is 4.79 Å². The van der Waals surface area contributed by atoms with Gasteiger partial charge in [0, 0.05) is 11.1 Å². The molecule has 0 saturated carbocycles. The van der Waals surface area contributed by atoms with Gasteiger partial charge in [-0.05, 0) is 33.1 Å². The topological polar surface area (TPSA) is 78.4 Å². The average molecular weight is 258 g/mol. The summed E-state index contributed by atoms with van der Waals surface area (Å²) in [5.74, 6) is -0.923. The maximum absolute atomic E-state index is 11.9. The highest BCUT2D eigenvalue weighted by molar-refractivity contribution is 5.77. The van der Waals surface area contributed by atoms with E-state index in [1.807, 2.05) is 20.8 Å². The van der Waals surface area contributed by atoms with Crippen molar-refractivity contribution >= 4 is 12.0 Å². The van der Waals surface area contributed by atoms with Crippen LogP contribution in [0.25, 0.3) is 0 Å². The van der Waals surface area contributed by atoms with E-state index in [2.05, 4.69) is 10.6 Å². The molecule has 5 nitrogen and oxygen atoms in total. The largest absolute Gasteiger partial charge is 0.481 e. The normalized spacial score (nSPS) is 12.1. The maximum atomic E-state index is 11.9. The number of aliphatic carboxylic acids is 1. The second-order valence-corrected chi connectivity index (χ2v) is 5.37. The van der Waals surface area contributed by atoms with E-state index in [1.165, 1.54) is 0 Å². The fourth-order valence-corrected chi connectivity index (χ4v) is 2.02. The monoisotopic (exact) mass is 258 g/mol. The molecule has 5 heteroatoms. The predicted octanol–water partition coefficient (Wildman–Crippen LogP) is 2.51. The van der Waals surface area contributed by atoms with Gasteiger partial charge < -0.3 is 15.7 Å². The number of carboxylic acids is 1. The molecule has 0 fully saturated rings. The summed E-state index contributed by atoms with van der Waals surface area (Å²) in [6, 6.07) is -0.299. The van der Waals surface area contributed by atoms with Gasteiger partial charge in [0.25, 0.3) is 0 Å². The zero-order valence-electron chi connectivity index (χ0n) is 12.1. The zero-order valence-corrected chi connectivity index (χ0v) is 12.1. The summed E-state index contributed by atoms with van der Waals surface area (Å²) < 4.78 is 0. The number of hydrogen-bond donors (Lipinski definition) is 3. The fraction of sp³-hybridized carbons (Fsp3) is 0.846. The molecule has 0 aromatic rings. The van der Waals surface area contributed by atoms with Crippen molar-refractivity contribution < 1.29 is 14.7 Å². The zero-order chi connectivity index (χ0) is 14.4. The van der Waals surface area contributed by atoms with Crippen LogP contribution in [-0.4, -0.2) is 28.2 Å². The third kappa shape index (κ3) is 5.38. The Morgan fingerprint density at radius 2 is 1.44 bits per heavy atom. The Morgan fingerprint density at radius 3 is 1.78 bits per heavy atom. The molecule has 0 aliphatic carbocycles. The van der Waals surface area contributed by atoms with Crippen molar-refractivity contribution in [1.29, 1.82) is 0 Å². The summed E-state index contributed by atoms with van der Waals surface area (Å²) >= 11 is 0. The Hall–Kier alpha value is -1.26. The van der Waals surface area contributed by atoms with Crippen LogP contribution in [-0.2, 0) is 4.79 Å². The second-order valence-electron chi connectivity index (χ2n) is 5.37. The van der Waals surface area contributed by atoms with Crippen LogP contribution in [0.3, 0.4) is 0 Å². The Labute approximate surface area is 109 Å². The van der Waals surface area contributed by atoms with Gasteiger partial charge in [0.05, 0.1) is 6.42 Å². The van der Waals surface area contributed by atoms with Crippen LogP contribution in [0.4, 0.5) is 4.79 Å². The maximum Gasteiger partial charge on any atom is 0.315 e. The molecule has 2 amide bonds. The molecular formula is C13H26N2O3. The Kier molecular flexibility index (Phi) is 6.15. The summed E-state index contributed by atoms with van der Waals surface area (Å²) in [5, 5.41) is 14.4. The van der Waals surface area contributed by atoms with Gasteiger partial charge in [0.15, 0.2) is 0 Å². The van der Waals surface area contributed by atoms with E-state index in [1.54, 1.807) is 13.8 Å². The van der Waals surface area contributed by atoms with Crippen LogP contribution in [0.15, 0.2) is 0 Å². The molecule has 0 saturated heterocycles. The van der Waals surface area contributed by atoms with Crippen molar-refractivity contribution in [3.8, 4) is 0 Å². The number of rotatable bonds is 7. The number of amides is 2. The minimum absolute atomic E-state index is 0.0994. The lowest BCUT2D eigenvalue weighted by atomic mass is 9.90. The molecule has 106 valence electrons. The van der Waals surface area contributed by atoms with Crippen molar-refractivity contribution in [2.45, 2.75) is 71.4 Å². The Morgan fingerprint density at radius 1 is 1.00 bits per heavy atom. The lowest BCUT2D eigenvalue weighted by Gasteiger charge is -2.34. The van der Waals surface area contributed by atoms with Gasteiger partial charge in [0.2, 0.25) is 0 Å². The number of carboxylic acid groups (broad SMARTS) is 1. The molecule has 0 bridgehead atoms. The number of carbonyl (C=O) groups excluding carboxylic acids is 1. The number of nitrogens with one attached hydrogen (secondary N) is 2. The number of hydrogen-bond acceptors (Lipinski definition) is 2. The number of urea groups is 1. The molecule has 0 aromatic carbocycles. The Balaban J connectivity index is 4.54. The van der Waals surface area contributed by atoms with Gasteiger partial charge in [-0.25, -0.2) is 4.79 Å². The van der Waals surface area contributed by atoms with Crippen LogP contribution >= 0.6 is 0 Å². The highest BCUT2D eigenvalue weighted by atomic mass is 16.4. The van der Waals surface area contributed by atoms with Crippen molar-refractivity contribution in [3.05, 3.63) is 0 Å². The summed E-state index contributed by atoms with van der Waals surface area (Å²) in [5.41, 5.74) is -0.958. The fourth-order valence-electron chi connectivity index (χ4n) is 2.02. The van der Waals surface area contributed by atoms with E-state index in [0.717, 1.165) is 19.3 Å².